The molecule has 1 aliphatic heterocycles. The third-order valence-corrected chi connectivity index (χ3v) is 6.00. The summed E-state index contributed by atoms with van der Waals surface area (Å²) in [5.41, 5.74) is 2.61. The summed E-state index contributed by atoms with van der Waals surface area (Å²) in [6, 6.07) is 25.6. The van der Waals surface area contributed by atoms with E-state index in [0.717, 1.165) is 21.9 Å². The number of esters is 1. The van der Waals surface area contributed by atoms with E-state index >= 15 is 0 Å². The topological polar surface area (TPSA) is 70.4 Å². The largest absolute Gasteiger partial charge is 0.452 e. The smallest absolute Gasteiger partial charge is 0.338 e. The van der Waals surface area contributed by atoms with Crippen molar-refractivity contribution in [3.63, 3.8) is 0 Å². The van der Waals surface area contributed by atoms with Crippen LogP contribution in [0.4, 0.5) is 5.69 Å². The molecule has 0 aliphatic carbocycles. The number of fused-ring (bicyclic) bond motifs is 1. The van der Waals surface area contributed by atoms with Gasteiger partial charge in [-0.25, -0.2) is 4.79 Å². The van der Waals surface area contributed by atoms with Gasteiger partial charge >= 0.3 is 5.97 Å². The summed E-state index contributed by atoms with van der Waals surface area (Å²) in [5.74, 6) is -0.154. The molecule has 0 aromatic heterocycles. The average molecular weight is 414 g/mol. The molecule has 0 spiro atoms. The second-order valence-corrected chi connectivity index (χ2v) is 7.80. The Morgan fingerprint density at radius 1 is 1.00 bits per heavy atom. The lowest BCUT2D eigenvalue weighted by Crippen LogP contribution is -2.41. The molecule has 0 saturated heterocycles. The highest BCUT2D eigenvalue weighted by atomic mass is 32.2. The molecule has 0 saturated carbocycles. The minimum atomic E-state index is -0.594. The van der Waals surface area contributed by atoms with Gasteiger partial charge in [-0.05, 0) is 42.0 Å². The summed E-state index contributed by atoms with van der Waals surface area (Å²) < 4.78 is 5.30. The number of carbonyl (C=O) groups is 2. The molecule has 1 atom stereocenters. The fourth-order valence-electron chi connectivity index (χ4n) is 3.38. The first-order valence-corrected chi connectivity index (χ1v) is 10.4. The molecule has 30 heavy (non-hydrogen) atoms. The van der Waals surface area contributed by atoms with Crippen molar-refractivity contribution in [2.45, 2.75) is 10.9 Å². The highest BCUT2D eigenvalue weighted by Crippen LogP contribution is 2.43. The number of hydrogen-bond acceptors (Lipinski definition) is 5. The molecule has 0 unspecified atom stereocenters. The Kier molecular flexibility index (Phi) is 5.82. The number of para-hydroxylation sites is 1. The Labute approximate surface area is 178 Å². The van der Waals surface area contributed by atoms with E-state index in [1.54, 1.807) is 28.8 Å². The minimum Gasteiger partial charge on any atom is -0.452 e. The third kappa shape index (κ3) is 4.07. The maximum atomic E-state index is 13.2. The highest BCUT2D eigenvalue weighted by Gasteiger charge is 2.32. The summed E-state index contributed by atoms with van der Waals surface area (Å²) >= 11 is 1.71. The van der Waals surface area contributed by atoms with Gasteiger partial charge in [-0.2, -0.15) is 5.26 Å². The van der Waals surface area contributed by atoms with Gasteiger partial charge in [0.05, 0.1) is 28.9 Å². The maximum absolute atomic E-state index is 13.2. The van der Waals surface area contributed by atoms with Crippen molar-refractivity contribution in [3.8, 4) is 6.07 Å². The molecule has 1 heterocycles. The van der Waals surface area contributed by atoms with E-state index in [-0.39, 0.29) is 18.6 Å². The number of ether oxygens (including phenoxy) is 1. The van der Waals surface area contributed by atoms with Crippen LogP contribution in [0.25, 0.3) is 0 Å². The monoisotopic (exact) mass is 414 g/mol. The first-order chi connectivity index (χ1) is 14.7. The van der Waals surface area contributed by atoms with Crippen LogP contribution in [0.15, 0.2) is 83.8 Å². The Morgan fingerprint density at radius 3 is 2.43 bits per heavy atom. The standard InChI is InChI=1S/C24H18N2O3S/c25-14-17-10-12-19(13-11-17)24(28)29-15-23(27)26-20-8-4-5-9-22(20)30-16-21(26)18-6-2-1-3-7-18/h1-13,21H,15-16H2/t21-/m1/s1. The molecule has 0 bridgehead atoms. The number of carbonyl (C=O) groups excluding carboxylic acids is 2. The molecular weight excluding hydrogens is 396 g/mol. The lowest BCUT2D eigenvalue weighted by atomic mass is 10.1. The number of thioether (sulfide) groups is 1. The van der Waals surface area contributed by atoms with E-state index in [9.17, 15) is 9.59 Å². The predicted molar refractivity (Wildman–Crippen MR) is 115 cm³/mol. The molecule has 3 aromatic carbocycles. The molecule has 0 radical (unpaired) electrons. The zero-order valence-corrected chi connectivity index (χ0v) is 16.8. The lowest BCUT2D eigenvalue weighted by Gasteiger charge is -2.37. The van der Waals surface area contributed by atoms with Gasteiger partial charge < -0.3 is 4.74 Å². The zero-order valence-electron chi connectivity index (χ0n) is 16.0. The van der Waals surface area contributed by atoms with Crippen molar-refractivity contribution >= 4 is 29.3 Å². The summed E-state index contributed by atoms with van der Waals surface area (Å²) in [6.45, 7) is -0.360. The van der Waals surface area contributed by atoms with Crippen LogP contribution in [-0.2, 0) is 9.53 Å². The Bertz CT molecular complexity index is 1110. The summed E-state index contributed by atoms with van der Waals surface area (Å²) in [6.07, 6.45) is 0. The van der Waals surface area contributed by atoms with Crippen LogP contribution in [-0.4, -0.2) is 24.2 Å². The van der Waals surface area contributed by atoms with Crippen LogP contribution in [0.3, 0.4) is 0 Å². The van der Waals surface area contributed by atoms with Gasteiger partial charge in [0.2, 0.25) is 0 Å². The number of rotatable bonds is 4. The van der Waals surface area contributed by atoms with Crippen LogP contribution in [0.2, 0.25) is 0 Å². The van der Waals surface area contributed by atoms with Gasteiger partial charge in [0.1, 0.15) is 0 Å². The number of anilines is 1. The SMILES string of the molecule is N#Cc1ccc(C(=O)OCC(=O)N2c3ccccc3SC[C@@H]2c2ccccc2)cc1. The van der Waals surface area contributed by atoms with Gasteiger partial charge in [-0.3, -0.25) is 9.69 Å². The number of amides is 1. The molecular formula is C24H18N2O3S. The van der Waals surface area contributed by atoms with Gasteiger partial charge in [0.25, 0.3) is 5.91 Å². The zero-order chi connectivity index (χ0) is 20.9. The Balaban J connectivity index is 1.55. The van der Waals surface area contributed by atoms with Crippen molar-refractivity contribution < 1.29 is 14.3 Å². The first kappa shape index (κ1) is 19.7. The summed E-state index contributed by atoms with van der Waals surface area (Å²) in [5, 5.41) is 8.87. The van der Waals surface area contributed by atoms with Crippen molar-refractivity contribution in [2.24, 2.45) is 0 Å². The van der Waals surface area contributed by atoms with E-state index < -0.39 is 5.97 Å². The van der Waals surface area contributed by atoms with Crippen LogP contribution < -0.4 is 4.90 Å². The highest BCUT2D eigenvalue weighted by molar-refractivity contribution is 7.99. The van der Waals surface area contributed by atoms with Gasteiger partial charge in [0.15, 0.2) is 6.61 Å². The lowest BCUT2D eigenvalue weighted by molar-refractivity contribution is -0.122. The first-order valence-electron chi connectivity index (χ1n) is 9.43. The number of benzene rings is 3. The molecule has 148 valence electrons. The molecule has 6 heteroatoms. The second kappa shape index (κ2) is 8.85. The van der Waals surface area contributed by atoms with Gasteiger partial charge in [0, 0.05) is 10.6 Å². The normalized spacial score (nSPS) is 15.0. The van der Waals surface area contributed by atoms with Crippen LogP contribution in [0, 0.1) is 11.3 Å². The van der Waals surface area contributed by atoms with Crippen LogP contribution in [0.5, 0.6) is 0 Å². The van der Waals surface area contributed by atoms with Crippen LogP contribution in [0.1, 0.15) is 27.5 Å². The number of nitrogens with zero attached hydrogens (tertiary/aromatic N) is 2. The maximum Gasteiger partial charge on any atom is 0.338 e. The molecule has 4 rings (SSSR count). The van der Waals surface area contributed by atoms with E-state index in [2.05, 4.69) is 0 Å². The average Bonchev–Trinajstić information content (AvgIpc) is 2.82. The Morgan fingerprint density at radius 2 is 1.70 bits per heavy atom. The Hall–Kier alpha value is -3.56. The van der Waals surface area contributed by atoms with Crippen LogP contribution >= 0.6 is 11.8 Å². The molecule has 5 nitrogen and oxygen atoms in total. The quantitative estimate of drug-likeness (QED) is 0.584. The number of nitriles is 1. The van der Waals surface area contributed by atoms with E-state index in [4.69, 9.17) is 10.00 Å². The summed E-state index contributed by atoms with van der Waals surface area (Å²) in [4.78, 5) is 28.3. The van der Waals surface area contributed by atoms with Crippen molar-refractivity contribution in [1.82, 2.24) is 0 Å². The molecule has 0 fully saturated rings. The second-order valence-electron chi connectivity index (χ2n) is 6.73. The van der Waals surface area contributed by atoms with E-state index in [0.29, 0.717) is 11.1 Å². The van der Waals surface area contributed by atoms with E-state index in [1.807, 2.05) is 60.7 Å². The molecule has 1 amide bonds. The fraction of sp³-hybridized carbons (Fsp3) is 0.125. The summed E-state index contributed by atoms with van der Waals surface area (Å²) in [7, 11) is 0. The van der Waals surface area contributed by atoms with E-state index in [1.165, 1.54) is 12.1 Å². The molecule has 3 aromatic rings. The number of hydrogen-bond donors (Lipinski definition) is 0. The van der Waals surface area contributed by atoms with Crippen molar-refractivity contribution in [2.75, 3.05) is 17.3 Å². The van der Waals surface area contributed by atoms with Crippen molar-refractivity contribution in [1.29, 1.82) is 5.26 Å². The predicted octanol–water partition coefficient (Wildman–Crippen LogP) is 4.60. The van der Waals surface area contributed by atoms with Crippen molar-refractivity contribution in [3.05, 3.63) is 95.6 Å². The van der Waals surface area contributed by atoms with Gasteiger partial charge in [-0.1, -0.05) is 42.5 Å². The van der Waals surface area contributed by atoms with Gasteiger partial charge in [-0.15, -0.1) is 11.8 Å². The fourth-order valence-corrected chi connectivity index (χ4v) is 4.55. The molecule has 0 N–H and O–H groups in total. The molecule has 1 aliphatic rings. The third-order valence-electron chi connectivity index (χ3n) is 4.86. The minimum absolute atomic E-state index is 0.146.